The van der Waals surface area contributed by atoms with Crippen LogP contribution in [-0.2, 0) is 14.3 Å². The van der Waals surface area contributed by atoms with E-state index in [0.29, 0.717) is 6.42 Å². The van der Waals surface area contributed by atoms with Crippen LogP contribution in [0, 0.1) is 5.41 Å². The van der Waals surface area contributed by atoms with Crippen molar-refractivity contribution in [3.63, 3.8) is 0 Å². The summed E-state index contributed by atoms with van der Waals surface area (Å²) in [7, 11) is 1.42. The highest BCUT2D eigenvalue weighted by atomic mass is 16.5. The molecule has 1 rings (SSSR count). The maximum atomic E-state index is 11.5. The Kier molecular flexibility index (Phi) is 4.33. The van der Waals surface area contributed by atoms with Gasteiger partial charge in [-0.25, -0.2) is 0 Å². The smallest absolute Gasteiger partial charge is 0.306 e. The fraction of sp³-hybridized carbons (Fsp3) is 0.917. The van der Waals surface area contributed by atoms with Crippen molar-refractivity contribution >= 4 is 5.97 Å². The minimum Gasteiger partial charge on any atom is -0.469 e. The summed E-state index contributed by atoms with van der Waals surface area (Å²) in [5.41, 5.74) is 5.89. The molecule has 3 unspecified atom stereocenters. The van der Waals surface area contributed by atoms with Crippen molar-refractivity contribution in [1.29, 1.82) is 0 Å². The normalized spacial score (nSPS) is 36.8. The molecule has 4 heteroatoms. The third kappa shape index (κ3) is 2.95. The summed E-state index contributed by atoms with van der Waals surface area (Å²) in [4.78, 5) is 11.5. The number of carbonyl (C=O) groups is 1. The van der Waals surface area contributed by atoms with Crippen LogP contribution >= 0.6 is 0 Å². The molecule has 16 heavy (non-hydrogen) atoms. The molecule has 3 atom stereocenters. The molecule has 0 saturated carbocycles. The fourth-order valence-electron chi connectivity index (χ4n) is 2.76. The van der Waals surface area contributed by atoms with Gasteiger partial charge in [0.25, 0.3) is 0 Å². The number of rotatable bonds is 3. The largest absolute Gasteiger partial charge is 0.469 e. The van der Waals surface area contributed by atoms with Gasteiger partial charge < -0.3 is 15.2 Å². The van der Waals surface area contributed by atoms with E-state index in [9.17, 15) is 4.79 Å². The Bertz CT molecular complexity index is 243. The minimum absolute atomic E-state index is 0.0274. The second-order valence-corrected chi connectivity index (χ2v) is 5.07. The zero-order valence-electron chi connectivity index (χ0n) is 10.7. The molecule has 1 aliphatic rings. The Morgan fingerprint density at radius 3 is 2.38 bits per heavy atom. The van der Waals surface area contributed by atoms with Crippen molar-refractivity contribution < 1.29 is 14.3 Å². The summed E-state index contributed by atoms with van der Waals surface area (Å²) in [5, 5.41) is 0. The lowest BCUT2D eigenvalue weighted by molar-refractivity contribution is -0.150. The quantitative estimate of drug-likeness (QED) is 0.744. The average Bonchev–Trinajstić information content (AvgIpc) is 2.15. The molecule has 0 amide bonds. The van der Waals surface area contributed by atoms with Gasteiger partial charge >= 0.3 is 5.97 Å². The van der Waals surface area contributed by atoms with E-state index in [4.69, 9.17) is 15.2 Å². The minimum atomic E-state index is -0.182. The highest BCUT2D eigenvalue weighted by Crippen LogP contribution is 2.41. The molecule has 4 nitrogen and oxygen atoms in total. The number of carbonyl (C=O) groups excluding carboxylic acids is 1. The van der Waals surface area contributed by atoms with Crippen LogP contribution in [0.2, 0.25) is 0 Å². The average molecular weight is 229 g/mol. The van der Waals surface area contributed by atoms with Gasteiger partial charge in [0.2, 0.25) is 0 Å². The summed E-state index contributed by atoms with van der Waals surface area (Å²) in [5.74, 6) is -0.182. The molecule has 0 aromatic rings. The lowest BCUT2D eigenvalue weighted by atomic mass is 9.69. The van der Waals surface area contributed by atoms with E-state index < -0.39 is 0 Å². The number of hydrogen-bond donors (Lipinski definition) is 1. The fourth-order valence-corrected chi connectivity index (χ4v) is 2.76. The van der Waals surface area contributed by atoms with Crippen LogP contribution in [0.3, 0.4) is 0 Å². The third-order valence-electron chi connectivity index (χ3n) is 3.54. The Morgan fingerprint density at radius 1 is 1.50 bits per heavy atom. The van der Waals surface area contributed by atoms with Crippen LogP contribution in [0.25, 0.3) is 0 Å². The zero-order chi connectivity index (χ0) is 12.3. The summed E-state index contributed by atoms with van der Waals surface area (Å²) in [6.07, 6.45) is 2.34. The van der Waals surface area contributed by atoms with Gasteiger partial charge in [-0.2, -0.15) is 0 Å². The number of esters is 1. The van der Waals surface area contributed by atoms with E-state index >= 15 is 0 Å². The Balaban J connectivity index is 2.82. The first-order chi connectivity index (χ1) is 7.39. The van der Waals surface area contributed by atoms with E-state index in [1.807, 2.05) is 20.8 Å². The van der Waals surface area contributed by atoms with Crippen LogP contribution in [0.1, 0.15) is 40.0 Å². The van der Waals surface area contributed by atoms with Crippen LogP contribution in [0.5, 0.6) is 0 Å². The van der Waals surface area contributed by atoms with Gasteiger partial charge in [0.1, 0.15) is 0 Å². The maximum Gasteiger partial charge on any atom is 0.306 e. The molecule has 1 saturated heterocycles. The maximum absolute atomic E-state index is 11.5. The van der Waals surface area contributed by atoms with Gasteiger partial charge in [0, 0.05) is 11.5 Å². The van der Waals surface area contributed by atoms with Crippen LogP contribution in [0.4, 0.5) is 0 Å². The molecule has 1 heterocycles. The summed E-state index contributed by atoms with van der Waals surface area (Å²) >= 11 is 0. The van der Waals surface area contributed by atoms with Crippen molar-refractivity contribution in [2.45, 2.75) is 58.3 Å². The molecule has 0 radical (unpaired) electrons. The van der Waals surface area contributed by atoms with Crippen molar-refractivity contribution in [1.82, 2.24) is 0 Å². The Labute approximate surface area is 97.5 Å². The molecule has 2 N–H and O–H groups in total. The van der Waals surface area contributed by atoms with Crippen molar-refractivity contribution in [2.75, 3.05) is 7.11 Å². The monoisotopic (exact) mass is 229 g/mol. The summed E-state index contributed by atoms with van der Waals surface area (Å²) in [6, 6.07) is -0.0274. The third-order valence-corrected chi connectivity index (χ3v) is 3.54. The first kappa shape index (κ1) is 13.5. The predicted octanol–water partition coefficient (Wildman–Crippen LogP) is 1.47. The van der Waals surface area contributed by atoms with Crippen molar-refractivity contribution in [3.05, 3.63) is 0 Å². The molecule has 0 spiro atoms. The molecule has 1 aliphatic heterocycles. The number of nitrogens with two attached hydrogens (primary N) is 1. The molecular weight excluding hydrogens is 206 g/mol. The van der Waals surface area contributed by atoms with Crippen molar-refractivity contribution in [2.24, 2.45) is 11.1 Å². The number of methoxy groups -OCH3 is 1. The van der Waals surface area contributed by atoms with Crippen LogP contribution < -0.4 is 5.73 Å². The van der Waals surface area contributed by atoms with Gasteiger partial charge in [-0.1, -0.05) is 0 Å². The highest BCUT2D eigenvalue weighted by molar-refractivity contribution is 5.70. The Morgan fingerprint density at radius 2 is 2.00 bits per heavy atom. The lowest BCUT2D eigenvalue weighted by Gasteiger charge is -2.45. The first-order valence-electron chi connectivity index (χ1n) is 5.87. The van der Waals surface area contributed by atoms with E-state index in [1.54, 1.807) is 0 Å². The van der Waals surface area contributed by atoms with Gasteiger partial charge in [-0.15, -0.1) is 0 Å². The molecule has 0 bridgehead atoms. The molecule has 0 aromatic heterocycles. The van der Waals surface area contributed by atoms with Gasteiger partial charge in [-0.05, 0) is 33.6 Å². The van der Waals surface area contributed by atoms with Crippen LogP contribution in [0.15, 0.2) is 0 Å². The SMILES string of the molecule is COC(=O)CC1(C(C)N)CC(C)OC(C)C1. The number of hydrogen-bond acceptors (Lipinski definition) is 4. The summed E-state index contributed by atoms with van der Waals surface area (Å²) < 4.78 is 10.5. The van der Waals surface area contributed by atoms with E-state index in [2.05, 4.69) is 0 Å². The molecule has 1 fully saturated rings. The summed E-state index contributed by atoms with van der Waals surface area (Å²) in [6.45, 7) is 6.03. The standard InChI is InChI=1S/C12H23NO3/c1-8-5-12(10(3)13,6-9(2)16-8)7-11(14)15-4/h8-10H,5-7,13H2,1-4H3. The highest BCUT2D eigenvalue weighted by Gasteiger charge is 2.43. The topological polar surface area (TPSA) is 61.5 Å². The van der Waals surface area contributed by atoms with Gasteiger partial charge in [-0.3, -0.25) is 4.79 Å². The van der Waals surface area contributed by atoms with E-state index in [-0.39, 0.29) is 29.6 Å². The zero-order valence-corrected chi connectivity index (χ0v) is 10.7. The Hall–Kier alpha value is -0.610. The van der Waals surface area contributed by atoms with Crippen molar-refractivity contribution in [3.8, 4) is 0 Å². The van der Waals surface area contributed by atoms with Crippen LogP contribution in [-0.4, -0.2) is 31.3 Å². The first-order valence-corrected chi connectivity index (χ1v) is 5.87. The molecule has 0 aromatic carbocycles. The van der Waals surface area contributed by atoms with Gasteiger partial charge in [0.15, 0.2) is 0 Å². The van der Waals surface area contributed by atoms with E-state index in [1.165, 1.54) is 7.11 Å². The molecular formula is C12H23NO3. The lowest BCUT2D eigenvalue weighted by Crippen LogP contribution is -2.49. The van der Waals surface area contributed by atoms with Gasteiger partial charge in [0.05, 0.1) is 25.7 Å². The molecule has 0 aliphatic carbocycles. The molecule has 94 valence electrons. The predicted molar refractivity (Wildman–Crippen MR) is 62.0 cm³/mol. The second kappa shape index (κ2) is 5.15. The van der Waals surface area contributed by atoms with E-state index in [0.717, 1.165) is 12.8 Å². The second-order valence-electron chi connectivity index (χ2n) is 5.07. The number of ether oxygens (including phenoxy) is 2.